The number of anilines is 3. The Hall–Kier alpha value is -10.0. The summed E-state index contributed by atoms with van der Waals surface area (Å²) in [5, 5.41) is 0. The van der Waals surface area contributed by atoms with E-state index in [-0.39, 0.29) is 78.6 Å². The molecule has 9 N–H and O–H groups in total. The number of carbonyl (C=O) groups excluding carboxylic acids is 1. The van der Waals surface area contributed by atoms with Crippen molar-refractivity contribution in [3.05, 3.63) is 223 Å². The van der Waals surface area contributed by atoms with E-state index in [1.165, 1.54) is 79.8 Å². The smallest absolute Gasteiger partial charge is 0.351 e. The highest BCUT2D eigenvalue weighted by molar-refractivity contribution is 7.53. The predicted octanol–water partition coefficient (Wildman–Crippen LogP) is 5.39. The van der Waals surface area contributed by atoms with Gasteiger partial charge in [-0.2, -0.15) is 15.0 Å². The number of nitrogens with two attached hydrogens (primary N) is 3. The highest BCUT2D eigenvalue weighted by atomic mass is 31.2. The minimum Gasteiger partial charge on any atom is -0.497 e. The molecule has 48 heteroatoms. The van der Waals surface area contributed by atoms with E-state index in [1.54, 1.807) is 38.5 Å². The maximum Gasteiger partial charge on any atom is 0.351 e. The summed E-state index contributed by atoms with van der Waals surface area (Å²) in [5.74, 6) is -0.0165. The largest absolute Gasteiger partial charge is 0.497 e. The summed E-state index contributed by atoms with van der Waals surface area (Å²) in [4.78, 5) is 127. The number of esters is 1. The van der Waals surface area contributed by atoms with Crippen LogP contribution in [-0.4, -0.2) is 199 Å². The molecular formula is C75H91N15O29P4. The van der Waals surface area contributed by atoms with Crippen LogP contribution in [0.15, 0.2) is 156 Å². The number of rotatable bonds is 34. The Bertz CT molecular complexity index is 5980. The third kappa shape index (κ3) is 20.5. The van der Waals surface area contributed by atoms with E-state index in [4.69, 9.17) is 96.0 Å². The number of aromatic nitrogens is 12. The molecule has 660 valence electrons. The third-order valence-electron chi connectivity index (χ3n) is 21.1. The fourth-order valence-corrected chi connectivity index (χ4v) is 19.9. The SMILES string of the molecule is COc1ccc(C(OC[C@H]2O[C@@H](n3cc(C)c(=O)[nH]c3=O)C[C@@H]2O[P@](C)(=O)OC[C@H]2O[C@@H](n3ccc(N)nc3=O)C[C@@H]2O[P@](C)(=O)OC[C@H]2O[C@@H](n3ccc(N)nc3=O)C[C@@H]2O[P@](C)(=O)OC[C@H]2O[C@@H](n3cc(C)c(=O)[nH]c3=O)C[C@@H]2O[P@](C)(=O)OC[C@H]2O[C@@H](n3cnc4c(=O)[nH]c(N)nc43)C[C@@H]2OC(C)=O)(c2ccccc2)c2ccc(OC)cc2)cc1. The average molecular weight is 1790 g/mol. The third-order valence-corrected chi connectivity index (χ3v) is 26.1. The zero-order chi connectivity index (χ0) is 87.8. The van der Waals surface area contributed by atoms with Gasteiger partial charge in [0.1, 0.15) is 96.5 Å². The van der Waals surface area contributed by atoms with Crippen molar-refractivity contribution in [2.75, 3.05) is 91.1 Å². The van der Waals surface area contributed by atoms with Gasteiger partial charge in [0.25, 0.3) is 16.7 Å². The number of nitrogen functional groups attached to an aromatic ring is 3. The second-order valence-corrected chi connectivity index (χ2v) is 38.0. The van der Waals surface area contributed by atoms with Gasteiger partial charge < -0.3 is 96.0 Å². The van der Waals surface area contributed by atoms with Crippen LogP contribution >= 0.6 is 30.4 Å². The molecule has 0 spiro atoms. The molecule has 3 aromatic carbocycles. The number of fused-ring (bicyclic) bond motifs is 1. The summed E-state index contributed by atoms with van der Waals surface area (Å²) in [6.07, 6.45) is -13.0. The van der Waals surface area contributed by atoms with Crippen LogP contribution in [0.5, 0.6) is 11.5 Å². The normalized spacial score (nSPS) is 26.1. The van der Waals surface area contributed by atoms with Crippen molar-refractivity contribution in [2.45, 2.75) is 151 Å². The van der Waals surface area contributed by atoms with Crippen LogP contribution in [0, 0.1) is 13.8 Å². The summed E-state index contributed by atoms with van der Waals surface area (Å²) in [6, 6.07) is 26.5. The maximum absolute atomic E-state index is 15.2. The van der Waals surface area contributed by atoms with Crippen molar-refractivity contribution >= 4 is 65.1 Å². The molecule has 0 unspecified atom stereocenters. The zero-order valence-electron chi connectivity index (χ0n) is 67.7. The molecule has 5 aliphatic heterocycles. The van der Waals surface area contributed by atoms with Gasteiger partial charge >= 0.3 is 59.1 Å². The van der Waals surface area contributed by atoms with Gasteiger partial charge in [-0.1, -0.05) is 54.6 Å². The van der Waals surface area contributed by atoms with Crippen LogP contribution in [0.4, 0.5) is 17.6 Å². The van der Waals surface area contributed by atoms with Crippen LogP contribution in [-0.2, 0) is 98.0 Å². The first-order chi connectivity index (χ1) is 58.4. The second-order valence-electron chi connectivity index (χ2n) is 29.9. The Morgan fingerprint density at radius 1 is 0.463 bits per heavy atom. The second kappa shape index (κ2) is 36.6. The highest BCUT2D eigenvalue weighted by Crippen LogP contribution is 2.56. The number of ether oxygens (including phenoxy) is 9. The molecule has 9 aromatic rings. The molecule has 0 aliphatic carbocycles. The van der Waals surface area contributed by atoms with Crippen molar-refractivity contribution in [1.82, 2.24) is 57.7 Å². The number of aromatic amines is 3. The van der Waals surface area contributed by atoms with E-state index in [0.29, 0.717) is 28.2 Å². The van der Waals surface area contributed by atoms with E-state index >= 15 is 9.13 Å². The molecule has 14 rings (SSSR count). The van der Waals surface area contributed by atoms with Crippen molar-refractivity contribution in [3.8, 4) is 11.5 Å². The molecule has 0 saturated carbocycles. The highest BCUT2D eigenvalue weighted by Gasteiger charge is 2.50. The van der Waals surface area contributed by atoms with E-state index in [2.05, 4.69) is 34.9 Å². The molecule has 5 fully saturated rings. The average Bonchev–Trinajstić information content (AvgIpc) is 1.66. The topological polar surface area (TPSA) is 563 Å². The molecule has 0 bridgehead atoms. The summed E-state index contributed by atoms with van der Waals surface area (Å²) >= 11 is 0. The Balaban J connectivity index is 0.681. The number of nitrogens with zero attached hydrogens (tertiary/aromatic N) is 9. The number of methoxy groups -OCH3 is 2. The zero-order valence-corrected chi connectivity index (χ0v) is 71.2. The number of hydrogen-bond acceptors (Lipinski definition) is 36. The van der Waals surface area contributed by atoms with Crippen molar-refractivity contribution < 1.29 is 102 Å². The number of carbonyl (C=O) groups is 1. The van der Waals surface area contributed by atoms with Crippen molar-refractivity contribution in [2.24, 2.45) is 0 Å². The van der Waals surface area contributed by atoms with Crippen molar-refractivity contribution in [1.29, 1.82) is 0 Å². The standard InChI is InChI=1S/C75H91N15O29P4/c1-40-32-88(73(97)84-67(40)92)62-30-49(53(111-62)34-105-75(43-13-11-10-12-14-43,44-15-19-46(103-4)20-16-44)45-17-21-47(104-5)22-18-45)116-121(7,100)107-36-55-50(28-60(113-55)86-25-23-58(76)80-71(86)95)117-122(8,101)108-37-56-51(29-61(114-56)87-26-24-59(77)81-72(87)96)118-123(9,102)109-38-57-52(31-63(115-57)89-33-41(2)68(93)85-74(89)98)119-120(6,99)106-35-54-48(110-42(3)91)27-64(112-54)90-39-79-65-66(90)82-70(78)83-69(65)94/h10-26,32-33,39,48-57,60-64H,27-31,34-38H2,1-9H3,(H2,76,80,95)(H2,77,81,96)(H,84,92,97)(H,85,93,98)(H3,78,82,83,94)/t48-,49-,50-,51-,52-,53+,54+,55+,56+,57+,60+,61+,62+,63+,64+,120+,121+,122+,123+/m0/s1. The van der Waals surface area contributed by atoms with Crippen LogP contribution in [0.1, 0.15) is 98.0 Å². The quantitative estimate of drug-likeness (QED) is 0.0167. The van der Waals surface area contributed by atoms with E-state index in [9.17, 15) is 47.5 Å². The number of hydrogen-bond donors (Lipinski definition) is 6. The Kier molecular flexibility index (Phi) is 26.6. The monoisotopic (exact) mass is 1790 g/mol. The number of aryl methyl sites for hydroxylation is 2. The first-order valence-electron chi connectivity index (χ1n) is 38.5. The molecule has 5 saturated heterocycles. The number of benzene rings is 3. The summed E-state index contributed by atoms with van der Waals surface area (Å²) in [7, 11) is -14.6. The molecule has 5 aliphatic rings. The predicted molar refractivity (Wildman–Crippen MR) is 434 cm³/mol. The van der Waals surface area contributed by atoms with Gasteiger partial charge in [-0.05, 0) is 66.9 Å². The van der Waals surface area contributed by atoms with Gasteiger partial charge in [0.2, 0.25) is 5.95 Å². The lowest BCUT2D eigenvalue weighted by atomic mass is 9.80. The summed E-state index contributed by atoms with van der Waals surface area (Å²) in [5.41, 5.74) is 13.1. The first kappa shape index (κ1) is 89.2. The van der Waals surface area contributed by atoms with E-state index in [1.807, 2.05) is 54.6 Å². The molecule has 0 radical (unpaired) electrons. The molecule has 44 nitrogen and oxygen atoms in total. The number of nitrogens with one attached hydrogen (secondary N) is 3. The van der Waals surface area contributed by atoms with E-state index in [0.717, 1.165) is 33.7 Å². The maximum atomic E-state index is 15.2. The molecule has 19 atom stereocenters. The summed E-state index contributed by atoms with van der Waals surface area (Å²) < 4.78 is 171. The Morgan fingerprint density at radius 2 is 0.821 bits per heavy atom. The minimum absolute atomic E-state index is 0.0108. The van der Waals surface area contributed by atoms with Gasteiger partial charge in [-0.25, -0.2) is 24.2 Å². The van der Waals surface area contributed by atoms with Gasteiger partial charge in [0.05, 0.1) is 78.0 Å². The molecule has 6 aromatic heterocycles. The first-order valence-corrected chi connectivity index (χ1v) is 46.5. The van der Waals surface area contributed by atoms with Crippen LogP contribution in [0.3, 0.4) is 0 Å². The van der Waals surface area contributed by atoms with Gasteiger partial charge in [0, 0.05) is 102 Å². The van der Waals surface area contributed by atoms with Gasteiger partial charge in [-0.15, -0.1) is 0 Å². The van der Waals surface area contributed by atoms with Crippen LogP contribution in [0.2, 0.25) is 0 Å². The number of H-pyrrole nitrogens is 3. The molecule has 0 amide bonds. The lowest BCUT2D eigenvalue weighted by Crippen LogP contribution is -2.38. The van der Waals surface area contributed by atoms with Gasteiger partial charge in [-0.3, -0.25) is 75.2 Å². The fraction of sp³-hybridized carbons (Fsp3) is 0.467. The lowest BCUT2D eigenvalue weighted by Gasteiger charge is -2.37. The van der Waals surface area contributed by atoms with Crippen molar-refractivity contribution in [3.63, 3.8) is 0 Å². The Labute approximate surface area is 697 Å². The van der Waals surface area contributed by atoms with E-state index < -0.39 is 200 Å². The lowest BCUT2D eigenvalue weighted by molar-refractivity contribution is -0.150. The Morgan fingerprint density at radius 3 is 1.20 bits per heavy atom. The molecular weight excluding hydrogens is 1700 g/mol. The van der Waals surface area contributed by atoms with Crippen LogP contribution < -0.4 is 66.1 Å². The molecule has 123 heavy (non-hydrogen) atoms. The molecule has 11 heterocycles. The summed E-state index contributed by atoms with van der Waals surface area (Å²) in [6.45, 7) is 5.78. The minimum atomic E-state index is -4.47. The number of imidazole rings is 1. The van der Waals surface area contributed by atoms with Crippen LogP contribution in [0.25, 0.3) is 11.2 Å². The fourth-order valence-electron chi connectivity index (χ4n) is 15.2. The van der Waals surface area contributed by atoms with Gasteiger partial charge in [0.15, 0.2) is 11.2 Å².